The summed E-state index contributed by atoms with van der Waals surface area (Å²) in [5.41, 5.74) is -0.240. The van der Waals surface area contributed by atoms with Crippen molar-refractivity contribution in [2.75, 3.05) is 6.54 Å². The molecule has 0 radical (unpaired) electrons. The fourth-order valence-corrected chi connectivity index (χ4v) is 2.14. The minimum Gasteiger partial charge on any atom is -0.391 e. The van der Waals surface area contributed by atoms with Crippen molar-refractivity contribution >= 4 is 5.78 Å². The van der Waals surface area contributed by atoms with Gasteiger partial charge in [-0.25, -0.2) is 4.98 Å². The summed E-state index contributed by atoms with van der Waals surface area (Å²) in [6, 6.07) is 1.12. The van der Waals surface area contributed by atoms with Crippen molar-refractivity contribution in [1.82, 2.24) is 14.9 Å². The van der Waals surface area contributed by atoms with Crippen molar-refractivity contribution in [2.45, 2.75) is 38.0 Å². The number of aromatic nitrogens is 2. The third-order valence-electron chi connectivity index (χ3n) is 3.13. The van der Waals surface area contributed by atoms with E-state index in [-0.39, 0.29) is 30.3 Å². The highest BCUT2D eigenvalue weighted by molar-refractivity contribution is 5.78. The second-order valence-electron chi connectivity index (χ2n) is 4.56. The SMILES string of the molecule is O=C(CC1NCCC[C@@H]1O)Cn1cnccc1=O. The third-order valence-corrected chi connectivity index (χ3v) is 3.13. The maximum absolute atomic E-state index is 11.8. The molecule has 18 heavy (non-hydrogen) atoms. The highest BCUT2D eigenvalue weighted by Gasteiger charge is 2.24. The molecule has 1 aromatic heterocycles. The molecule has 0 spiro atoms. The van der Waals surface area contributed by atoms with E-state index in [1.807, 2.05) is 0 Å². The van der Waals surface area contributed by atoms with Crippen LogP contribution in [0, 0.1) is 0 Å². The molecule has 6 heteroatoms. The van der Waals surface area contributed by atoms with E-state index in [4.69, 9.17) is 0 Å². The van der Waals surface area contributed by atoms with Gasteiger partial charge in [-0.15, -0.1) is 0 Å². The van der Waals surface area contributed by atoms with Gasteiger partial charge in [-0.3, -0.25) is 14.2 Å². The topological polar surface area (TPSA) is 84.2 Å². The lowest BCUT2D eigenvalue weighted by Crippen LogP contribution is -2.46. The lowest BCUT2D eigenvalue weighted by molar-refractivity contribution is -0.121. The lowest BCUT2D eigenvalue weighted by Gasteiger charge is -2.28. The summed E-state index contributed by atoms with van der Waals surface area (Å²) in [6.45, 7) is 0.833. The molecule has 1 aliphatic rings. The standard InChI is InChI=1S/C12H17N3O3/c16-9(6-10-11(17)2-1-4-14-10)7-15-8-13-5-3-12(15)18/h3,5,8,10-11,14,17H,1-2,4,6-7H2/t10?,11-/m0/s1. The fraction of sp³-hybridized carbons (Fsp3) is 0.583. The van der Waals surface area contributed by atoms with Gasteiger partial charge >= 0.3 is 0 Å². The number of carbonyl (C=O) groups excluding carboxylic acids is 1. The van der Waals surface area contributed by atoms with Crippen molar-refractivity contribution < 1.29 is 9.90 Å². The first-order valence-electron chi connectivity index (χ1n) is 6.10. The Morgan fingerprint density at radius 1 is 1.61 bits per heavy atom. The molecule has 0 aliphatic carbocycles. The summed E-state index contributed by atoms with van der Waals surface area (Å²) in [4.78, 5) is 27.1. The van der Waals surface area contributed by atoms with E-state index in [0.29, 0.717) is 0 Å². The van der Waals surface area contributed by atoms with Crippen LogP contribution in [0.3, 0.4) is 0 Å². The van der Waals surface area contributed by atoms with E-state index >= 15 is 0 Å². The highest BCUT2D eigenvalue weighted by atomic mass is 16.3. The van der Waals surface area contributed by atoms with Crippen LogP contribution >= 0.6 is 0 Å². The zero-order valence-corrected chi connectivity index (χ0v) is 10.1. The Kier molecular flexibility index (Phi) is 4.22. The van der Waals surface area contributed by atoms with Crippen molar-refractivity contribution in [2.24, 2.45) is 0 Å². The van der Waals surface area contributed by atoms with Crippen molar-refractivity contribution in [1.29, 1.82) is 0 Å². The van der Waals surface area contributed by atoms with E-state index in [0.717, 1.165) is 19.4 Å². The Balaban J connectivity index is 1.92. The number of aliphatic hydroxyl groups is 1. The largest absolute Gasteiger partial charge is 0.391 e. The fourth-order valence-electron chi connectivity index (χ4n) is 2.14. The predicted molar refractivity (Wildman–Crippen MR) is 65.2 cm³/mol. The molecule has 2 rings (SSSR count). The molecular weight excluding hydrogens is 234 g/mol. The van der Waals surface area contributed by atoms with E-state index in [9.17, 15) is 14.7 Å². The van der Waals surface area contributed by atoms with Crippen molar-refractivity contribution in [3.05, 3.63) is 28.9 Å². The maximum Gasteiger partial charge on any atom is 0.253 e. The number of nitrogens with zero attached hydrogens (tertiary/aromatic N) is 2. The molecule has 2 atom stereocenters. The Morgan fingerprint density at radius 3 is 3.17 bits per heavy atom. The smallest absolute Gasteiger partial charge is 0.253 e. The van der Waals surface area contributed by atoms with Crippen LogP contribution in [0.5, 0.6) is 0 Å². The highest BCUT2D eigenvalue weighted by Crippen LogP contribution is 2.11. The Hall–Kier alpha value is -1.53. The van der Waals surface area contributed by atoms with Gasteiger partial charge < -0.3 is 10.4 Å². The second kappa shape index (κ2) is 5.88. The monoisotopic (exact) mass is 251 g/mol. The van der Waals surface area contributed by atoms with E-state index in [2.05, 4.69) is 10.3 Å². The second-order valence-corrected chi connectivity index (χ2v) is 4.56. The predicted octanol–water partition coefficient (Wildman–Crippen LogP) is -0.685. The molecule has 1 aliphatic heterocycles. The summed E-state index contributed by atoms with van der Waals surface area (Å²) in [5, 5.41) is 12.9. The van der Waals surface area contributed by atoms with E-state index in [1.54, 1.807) is 0 Å². The van der Waals surface area contributed by atoms with Crippen LogP contribution in [0.2, 0.25) is 0 Å². The summed E-state index contributed by atoms with van der Waals surface area (Å²) >= 11 is 0. The lowest BCUT2D eigenvalue weighted by atomic mass is 9.97. The molecule has 2 N–H and O–H groups in total. The number of hydrogen-bond donors (Lipinski definition) is 2. The van der Waals surface area contributed by atoms with Crippen LogP contribution in [-0.4, -0.2) is 39.1 Å². The van der Waals surface area contributed by atoms with Gasteiger partial charge in [0.15, 0.2) is 5.78 Å². The first kappa shape index (κ1) is 12.9. The number of nitrogens with one attached hydrogen (secondary N) is 1. The van der Waals surface area contributed by atoms with Gasteiger partial charge in [0, 0.05) is 24.7 Å². The molecular formula is C12H17N3O3. The van der Waals surface area contributed by atoms with Crippen LogP contribution in [-0.2, 0) is 11.3 Å². The molecule has 98 valence electrons. The van der Waals surface area contributed by atoms with Crippen LogP contribution in [0.1, 0.15) is 19.3 Å². The first-order valence-corrected chi connectivity index (χ1v) is 6.10. The third kappa shape index (κ3) is 3.24. The number of carbonyl (C=O) groups is 1. The number of ketones is 1. The summed E-state index contributed by atoms with van der Waals surface area (Å²) in [7, 11) is 0. The van der Waals surface area contributed by atoms with Gasteiger partial charge in [-0.05, 0) is 19.4 Å². The first-order chi connectivity index (χ1) is 8.66. The minimum atomic E-state index is -0.478. The van der Waals surface area contributed by atoms with E-state index in [1.165, 1.54) is 23.2 Å². The number of hydrogen-bond acceptors (Lipinski definition) is 5. The van der Waals surface area contributed by atoms with Crippen LogP contribution in [0.15, 0.2) is 23.4 Å². The van der Waals surface area contributed by atoms with Crippen LogP contribution in [0.4, 0.5) is 0 Å². The Morgan fingerprint density at radius 2 is 2.44 bits per heavy atom. The Labute approximate surface area is 105 Å². The number of Topliss-reactive ketones (excluding diaryl/α,β-unsaturated/α-hetero) is 1. The van der Waals surface area contributed by atoms with Crippen molar-refractivity contribution in [3.8, 4) is 0 Å². The average molecular weight is 251 g/mol. The molecule has 0 saturated carbocycles. The number of rotatable bonds is 4. The van der Waals surface area contributed by atoms with Gasteiger partial charge in [0.2, 0.25) is 0 Å². The van der Waals surface area contributed by atoms with Gasteiger partial charge in [-0.1, -0.05) is 0 Å². The zero-order chi connectivity index (χ0) is 13.0. The molecule has 0 aromatic carbocycles. The number of piperidine rings is 1. The maximum atomic E-state index is 11.8. The van der Waals surface area contributed by atoms with Gasteiger partial charge in [0.05, 0.1) is 19.0 Å². The van der Waals surface area contributed by atoms with Gasteiger partial charge in [0.25, 0.3) is 5.56 Å². The number of aliphatic hydroxyl groups excluding tert-OH is 1. The van der Waals surface area contributed by atoms with Crippen molar-refractivity contribution in [3.63, 3.8) is 0 Å². The normalized spacial score (nSPS) is 23.8. The van der Waals surface area contributed by atoms with E-state index < -0.39 is 6.10 Å². The van der Waals surface area contributed by atoms with Gasteiger partial charge in [0.1, 0.15) is 0 Å². The Bertz CT molecular complexity index is 472. The quantitative estimate of drug-likeness (QED) is 0.740. The molecule has 1 unspecified atom stereocenters. The van der Waals surface area contributed by atoms with Gasteiger partial charge in [-0.2, -0.15) is 0 Å². The molecule has 1 aromatic rings. The molecule has 1 fully saturated rings. The molecule has 0 amide bonds. The summed E-state index contributed by atoms with van der Waals surface area (Å²) in [6.07, 6.45) is 4.16. The molecule has 0 bridgehead atoms. The average Bonchev–Trinajstić information content (AvgIpc) is 2.35. The zero-order valence-electron chi connectivity index (χ0n) is 10.1. The van der Waals surface area contributed by atoms with Crippen LogP contribution < -0.4 is 10.9 Å². The summed E-state index contributed by atoms with van der Waals surface area (Å²) in [5.74, 6) is -0.0800. The molecule has 1 saturated heterocycles. The molecule has 6 nitrogen and oxygen atoms in total. The van der Waals surface area contributed by atoms with Crippen LogP contribution in [0.25, 0.3) is 0 Å². The summed E-state index contributed by atoms with van der Waals surface area (Å²) < 4.78 is 1.28. The minimum absolute atomic E-state index is 0.0115. The molecule has 2 heterocycles.